The lowest BCUT2D eigenvalue weighted by atomic mass is 10.4. The lowest BCUT2D eigenvalue weighted by Crippen LogP contribution is -2.03. The van der Waals surface area contributed by atoms with Gasteiger partial charge in [0.15, 0.2) is 5.69 Å². The summed E-state index contributed by atoms with van der Waals surface area (Å²) < 4.78 is 1.58. The Morgan fingerprint density at radius 2 is 2.31 bits per heavy atom. The number of thiazole rings is 1. The molecule has 0 bridgehead atoms. The number of carbonyl (C=O) groups is 1. The van der Waals surface area contributed by atoms with Crippen LogP contribution < -0.4 is 0 Å². The van der Waals surface area contributed by atoms with Crippen molar-refractivity contribution in [1.82, 2.24) is 14.8 Å². The first-order valence-corrected chi connectivity index (χ1v) is 5.57. The van der Waals surface area contributed by atoms with Gasteiger partial charge in [0.05, 0.1) is 12.2 Å². The standard InChI is InChI=1S/C10H11N3O2S/c1-6-7(2)16-9(11-6)5-13-4-3-8(12-13)10(14)15/h3-4H,5H2,1-2H3,(H,14,15). The number of carboxylic acid groups (broad SMARTS) is 1. The molecule has 2 heterocycles. The molecule has 16 heavy (non-hydrogen) atoms. The minimum Gasteiger partial charge on any atom is -0.476 e. The van der Waals surface area contributed by atoms with Crippen LogP contribution >= 0.6 is 11.3 Å². The summed E-state index contributed by atoms with van der Waals surface area (Å²) in [5.41, 5.74) is 1.08. The third kappa shape index (κ3) is 2.11. The molecule has 6 heteroatoms. The lowest BCUT2D eigenvalue weighted by Gasteiger charge is -1.95. The molecule has 2 aromatic rings. The molecule has 0 amide bonds. The molecular weight excluding hydrogens is 226 g/mol. The molecule has 0 aliphatic carbocycles. The van der Waals surface area contributed by atoms with E-state index in [-0.39, 0.29) is 5.69 Å². The van der Waals surface area contributed by atoms with Gasteiger partial charge in [-0.15, -0.1) is 11.3 Å². The summed E-state index contributed by atoms with van der Waals surface area (Å²) in [6.07, 6.45) is 1.65. The minimum absolute atomic E-state index is 0.0602. The number of carboxylic acids is 1. The molecule has 84 valence electrons. The van der Waals surface area contributed by atoms with Gasteiger partial charge in [-0.1, -0.05) is 0 Å². The minimum atomic E-state index is -1.01. The van der Waals surface area contributed by atoms with E-state index < -0.39 is 5.97 Å². The van der Waals surface area contributed by atoms with Crippen molar-refractivity contribution in [2.45, 2.75) is 20.4 Å². The van der Waals surface area contributed by atoms with Crippen molar-refractivity contribution in [1.29, 1.82) is 0 Å². The maximum Gasteiger partial charge on any atom is 0.356 e. The molecule has 0 saturated heterocycles. The quantitative estimate of drug-likeness (QED) is 0.882. The van der Waals surface area contributed by atoms with E-state index in [9.17, 15) is 4.79 Å². The van der Waals surface area contributed by atoms with Gasteiger partial charge in [-0.05, 0) is 19.9 Å². The molecule has 0 saturated carbocycles. The molecule has 1 N–H and O–H groups in total. The molecule has 5 nitrogen and oxygen atoms in total. The largest absolute Gasteiger partial charge is 0.476 e. The van der Waals surface area contributed by atoms with E-state index in [4.69, 9.17) is 5.11 Å². The molecule has 0 atom stereocenters. The summed E-state index contributed by atoms with van der Waals surface area (Å²) in [6.45, 7) is 4.50. The van der Waals surface area contributed by atoms with Crippen molar-refractivity contribution in [3.05, 3.63) is 33.5 Å². The average Bonchev–Trinajstić information content (AvgIpc) is 2.76. The summed E-state index contributed by atoms with van der Waals surface area (Å²) in [5, 5.41) is 13.6. The van der Waals surface area contributed by atoms with Crippen LogP contribution in [0.1, 0.15) is 26.1 Å². The van der Waals surface area contributed by atoms with Crippen LogP contribution in [0.5, 0.6) is 0 Å². The predicted octanol–water partition coefficient (Wildman–Crippen LogP) is 1.70. The first-order chi connectivity index (χ1) is 7.56. The average molecular weight is 237 g/mol. The van der Waals surface area contributed by atoms with Crippen LogP contribution in [0.3, 0.4) is 0 Å². The maximum atomic E-state index is 10.6. The third-order valence-corrected chi connectivity index (χ3v) is 3.29. The van der Waals surface area contributed by atoms with Crippen molar-refractivity contribution >= 4 is 17.3 Å². The van der Waals surface area contributed by atoms with Gasteiger partial charge in [-0.25, -0.2) is 9.78 Å². The first-order valence-electron chi connectivity index (χ1n) is 4.76. The molecule has 0 radical (unpaired) electrons. The highest BCUT2D eigenvalue weighted by atomic mass is 32.1. The van der Waals surface area contributed by atoms with Crippen LogP contribution in [-0.2, 0) is 6.54 Å². The van der Waals surface area contributed by atoms with E-state index in [2.05, 4.69) is 10.1 Å². The second-order valence-electron chi connectivity index (χ2n) is 3.45. The van der Waals surface area contributed by atoms with E-state index in [0.717, 1.165) is 10.7 Å². The van der Waals surface area contributed by atoms with Crippen molar-refractivity contribution < 1.29 is 9.90 Å². The topological polar surface area (TPSA) is 68.0 Å². The van der Waals surface area contributed by atoms with Gasteiger partial charge in [0.1, 0.15) is 5.01 Å². The number of aromatic nitrogens is 3. The highest BCUT2D eigenvalue weighted by molar-refractivity contribution is 7.11. The zero-order valence-electron chi connectivity index (χ0n) is 8.97. The third-order valence-electron chi connectivity index (χ3n) is 2.23. The smallest absolute Gasteiger partial charge is 0.356 e. The monoisotopic (exact) mass is 237 g/mol. The second kappa shape index (κ2) is 4.05. The Labute approximate surface area is 96.4 Å². The van der Waals surface area contributed by atoms with Crippen molar-refractivity contribution in [2.75, 3.05) is 0 Å². The maximum absolute atomic E-state index is 10.6. The predicted molar refractivity (Wildman–Crippen MR) is 59.9 cm³/mol. The van der Waals surface area contributed by atoms with Crippen LogP contribution in [-0.4, -0.2) is 25.8 Å². The number of hydrogen-bond donors (Lipinski definition) is 1. The van der Waals surface area contributed by atoms with Gasteiger partial charge in [0.25, 0.3) is 0 Å². The van der Waals surface area contributed by atoms with Crippen LogP contribution in [0.15, 0.2) is 12.3 Å². The summed E-state index contributed by atoms with van der Waals surface area (Å²) >= 11 is 1.61. The fourth-order valence-corrected chi connectivity index (χ4v) is 2.24. The van der Waals surface area contributed by atoms with E-state index in [1.807, 2.05) is 13.8 Å². The van der Waals surface area contributed by atoms with Crippen molar-refractivity contribution in [3.8, 4) is 0 Å². The van der Waals surface area contributed by atoms with Gasteiger partial charge >= 0.3 is 5.97 Å². The fourth-order valence-electron chi connectivity index (χ4n) is 1.31. The van der Waals surface area contributed by atoms with Gasteiger partial charge < -0.3 is 5.11 Å². The molecule has 2 rings (SSSR count). The number of aryl methyl sites for hydroxylation is 2. The normalized spacial score (nSPS) is 10.6. The Balaban J connectivity index is 2.17. The SMILES string of the molecule is Cc1nc(Cn2ccc(C(=O)O)n2)sc1C. The summed E-state index contributed by atoms with van der Waals surface area (Å²) in [5.74, 6) is -1.01. The molecule has 0 aromatic carbocycles. The molecular formula is C10H11N3O2S. The molecule has 0 aliphatic heterocycles. The van der Waals surface area contributed by atoms with Crippen molar-refractivity contribution in [2.24, 2.45) is 0 Å². The number of nitrogens with zero attached hydrogens (tertiary/aromatic N) is 3. The van der Waals surface area contributed by atoms with Gasteiger partial charge in [-0.3, -0.25) is 4.68 Å². The highest BCUT2D eigenvalue weighted by Crippen LogP contribution is 2.17. The molecule has 0 aliphatic rings. The highest BCUT2D eigenvalue weighted by Gasteiger charge is 2.09. The molecule has 0 fully saturated rings. The van der Waals surface area contributed by atoms with Crippen LogP contribution in [0.2, 0.25) is 0 Å². The lowest BCUT2D eigenvalue weighted by molar-refractivity contribution is 0.0689. The van der Waals surface area contributed by atoms with Gasteiger partial charge in [0, 0.05) is 11.1 Å². The molecule has 0 spiro atoms. The van der Waals surface area contributed by atoms with Crippen molar-refractivity contribution in [3.63, 3.8) is 0 Å². The van der Waals surface area contributed by atoms with E-state index in [1.54, 1.807) is 22.2 Å². The summed E-state index contributed by atoms with van der Waals surface area (Å²) in [6, 6.07) is 1.48. The molecule has 2 aromatic heterocycles. The second-order valence-corrected chi connectivity index (χ2v) is 4.74. The Kier molecular flexibility index (Phi) is 2.74. The number of aromatic carboxylic acids is 1. The zero-order chi connectivity index (χ0) is 11.7. The van der Waals surface area contributed by atoms with Gasteiger partial charge in [0.2, 0.25) is 0 Å². The molecule has 0 unspecified atom stereocenters. The van der Waals surface area contributed by atoms with E-state index in [1.165, 1.54) is 10.9 Å². The summed E-state index contributed by atoms with van der Waals surface area (Å²) in [7, 11) is 0. The summed E-state index contributed by atoms with van der Waals surface area (Å²) in [4.78, 5) is 16.2. The van der Waals surface area contributed by atoms with E-state index >= 15 is 0 Å². The zero-order valence-corrected chi connectivity index (χ0v) is 9.78. The van der Waals surface area contributed by atoms with Crippen LogP contribution in [0.4, 0.5) is 0 Å². The number of rotatable bonds is 3. The Morgan fingerprint density at radius 1 is 1.56 bits per heavy atom. The van der Waals surface area contributed by atoms with Crippen LogP contribution in [0.25, 0.3) is 0 Å². The fraction of sp³-hybridized carbons (Fsp3) is 0.300. The number of hydrogen-bond acceptors (Lipinski definition) is 4. The van der Waals surface area contributed by atoms with Gasteiger partial charge in [-0.2, -0.15) is 5.10 Å². The van der Waals surface area contributed by atoms with E-state index in [0.29, 0.717) is 6.54 Å². The van der Waals surface area contributed by atoms with Crippen LogP contribution in [0, 0.1) is 13.8 Å². The first kappa shape index (κ1) is 10.8. The Hall–Kier alpha value is -1.69. The Morgan fingerprint density at radius 3 is 2.81 bits per heavy atom. The Bertz CT molecular complexity index is 510.